The monoisotopic (exact) mass is 548 g/mol. The summed E-state index contributed by atoms with van der Waals surface area (Å²) in [5.41, 5.74) is 5.99. The van der Waals surface area contributed by atoms with Gasteiger partial charge in [-0.1, -0.05) is 48.5 Å². The van der Waals surface area contributed by atoms with Crippen LogP contribution < -0.4 is 9.64 Å². The van der Waals surface area contributed by atoms with Gasteiger partial charge in [0, 0.05) is 54.7 Å². The van der Waals surface area contributed by atoms with Gasteiger partial charge in [0.05, 0.1) is 20.2 Å². The SMILES string of the molecule is COc1cc(C(=O)N2Cc3ccc(C(=O)N4CCN(C(C)C)CC4)n3Cc3ccccc32)ccc1-c1ccccc1. The van der Waals surface area contributed by atoms with Crippen molar-refractivity contribution >= 4 is 17.5 Å². The van der Waals surface area contributed by atoms with Crippen LogP contribution in [0.5, 0.6) is 5.75 Å². The van der Waals surface area contributed by atoms with E-state index in [2.05, 4.69) is 23.3 Å². The number of carbonyl (C=O) groups is 2. The maximum atomic E-state index is 14.1. The van der Waals surface area contributed by atoms with E-state index in [9.17, 15) is 9.59 Å². The molecule has 2 aliphatic heterocycles. The van der Waals surface area contributed by atoms with Crippen molar-refractivity contribution in [3.8, 4) is 16.9 Å². The average molecular weight is 549 g/mol. The van der Waals surface area contributed by atoms with Gasteiger partial charge in [0.25, 0.3) is 11.8 Å². The third kappa shape index (κ3) is 5.13. The fourth-order valence-electron chi connectivity index (χ4n) is 5.97. The van der Waals surface area contributed by atoms with Gasteiger partial charge in [-0.3, -0.25) is 14.5 Å². The van der Waals surface area contributed by atoms with Crippen LogP contribution in [0.2, 0.25) is 0 Å². The van der Waals surface area contributed by atoms with Crippen LogP contribution in [0.3, 0.4) is 0 Å². The van der Waals surface area contributed by atoms with Crippen LogP contribution in [0.25, 0.3) is 11.1 Å². The molecule has 2 amide bonds. The molecule has 1 aromatic heterocycles. The lowest BCUT2D eigenvalue weighted by molar-refractivity contribution is 0.0585. The van der Waals surface area contributed by atoms with Crippen molar-refractivity contribution in [1.29, 1.82) is 0 Å². The topological polar surface area (TPSA) is 58.0 Å². The fraction of sp³-hybridized carbons (Fsp3) is 0.294. The first-order chi connectivity index (χ1) is 19.9. The van der Waals surface area contributed by atoms with Crippen LogP contribution >= 0.6 is 0 Å². The van der Waals surface area contributed by atoms with Crippen LogP contribution in [0.1, 0.15) is 46.0 Å². The Bertz CT molecular complexity index is 1570. The zero-order valence-electron chi connectivity index (χ0n) is 23.9. The zero-order valence-corrected chi connectivity index (χ0v) is 23.9. The summed E-state index contributed by atoms with van der Waals surface area (Å²) in [6, 6.07) is 28.0. The standard InChI is InChI=1S/C34H36N4O3/c1-24(2)35-17-19-36(20-18-35)34(40)31-16-14-28-23-38(30-12-8-7-11-27(30)22-37(28)31)33(39)26-13-15-29(32(21-26)41-3)25-9-5-4-6-10-25/h4-16,21,24H,17-20,22-23H2,1-3H3. The first-order valence-corrected chi connectivity index (χ1v) is 14.3. The van der Waals surface area contributed by atoms with E-state index in [1.165, 1.54) is 0 Å². The molecule has 0 bridgehead atoms. The molecule has 0 N–H and O–H groups in total. The summed E-state index contributed by atoms with van der Waals surface area (Å²) in [6.45, 7) is 8.51. The molecule has 0 aliphatic carbocycles. The van der Waals surface area contributed by atoms with Crippen molar-refractivity contribution in [3.05, 3.63) is 107 Å². The number of para-hydroxylation sites is 1. The van der Waals surface area contributed by atoms with E-state index in [-0.39, 0.29) is 11.8 Å². The van der Waals surface area contributed by atoms with Crippen molar-refractivity contribution in [1.82, 2.24) is 14.4 Å². The lowest BCUT2D eigenvalue weighted by atomic mass is 10.0. The van der Waals surface area contributed by atoms with E-state index >= 15 is 0 Å². The van der Waals surface area contributed by atoms with Crippen LogP contribution in [0, 0.1) is 0 Å². The maximum absolute atomic E-state index is 14.1. The molecule has 0 unspecified atom stereocenters. The fourth-order valence-corrected chi connectivity index (χ4v) is 5.97. The lowest BCUT2D eigenvalue weighted by Crippen LogP contribution is -2.51. The molecule has 6 rings (SSSR count). The number of ether oxygens (including phenoxy) is 1. The molecule has 2 aliphatic rings. The number of carbonyl (C=O) groups excluding carboxylic acids is 2. The molecule has 1 fully saturated rings. The Morgan fingerprint density at radius 1 is 0.780 bits per heavy atom. The summed E-state index contributed by atoms with van der Waals surface area (Å²) in [6.07, 6.45) is 0. The second kappa shape index (κ2) is 11.3. The Kier molecular flexibility index (Phi) is 7.37. The number of fused-ring (bicyclic) bond motifs is 2. The molecule has 7 heteroatoms. The molecular weight excluding hydrogens is 512 g/mol. The number of hydrogen-bond donors (Lipinski definition) is 0. The van der Waals surface area contributed by atoms with Crippen molar-refractivity contribution in [2.45, 2.75) is 33.0 Å². The largest absolute Gasteiger partial charge is 0.496 e. The van der Waals surface area contributed by atoms with Crippen LogP contribution in [-0.4, -0.2) is 65.5 Å². The van der Waals surface area contributed by atoms with E-state index < -0.39 is 0 Å². The molecule has 41 heavy (non-hydrogen) atoms. The minimum Gasteiger partial charge on any atom is -0.496 e. The smallest absolute Gasteiger partial charge is 0.270 e. The van der Waals surface area contributed by atoms with Gasteiger partial charge in [-0.05, 0) is 61.4 Å². The summed E-state index contributed by atoms with van der Waals surface area (Å²) in [5, 5.41) is 0. The minimum absolute atomic E-state index is 0.0538. The summed E-state index contributed by atoms with van der Waals surface area (Å²) in [7, 11) is 1.63. The van der Waals surface area contributed by atoms with E-state index in [0.29, 0.717) is 36.1 Å². The molecular formula is C34H36N4O3. The Morgan fingerprint density at radius 2 is 1.51 bits per heavy atom. The highest BCUT2D eigenvalue weighted by Gasteiger charge is 2.30. The predicted octanol–water partition coefficient (Wildman–Crippen LogP) is 5.54. The van der Waals surface area contributed by atoms with Gasteiger partial charge < -0.3 is 19.1 Å². The number of anilines is 1. The first-order valence-electron chi connectivity index (χ1n) is 14.3. The van der Waals surface area contributed by atoms with E-state index in [0.717, 1.165) is 54.3 Å². The highest BCUT2D eigenvalue weighted by Crippen LogP contribution is 2.34. The zero-order chi connectivity index (χ0) is 28.5. The Labute approximate surface area is 241 Å². The summed E-state index contributed by atoms with van der Waals surface area (Å²) >= 11 is 0. The second-order valence-electron chi connectivity index (χ2n) is 11.0. The van der Waals surface area contributed by atoms with Gasteiger partial charge in [-0.15, -0.1) is 0 Å². The quantitative estimate of drug-likeness (QED) is 0.329. The third-order valence-electron chi connectivity index (χ3n) is 8.33. The van der Waals surface area contributed by atoms with Crippen LogP contribution in [-0.2, 0) is 13.1 Å². The Morgan fingerprint density at radius 3 is 2.24 bits per heavy atom. The highest BCUT2D eigenvalue weighted by atomic mass is 16.5. The average Bonchev–Trinajstić information content (AvgIpc) is 3.33. The number of aromatic nitrogens is 1. The Balaban J connectivity index is 1.31. The summed E-state index contributed by atoms with van der Waals surface area (Å²) in [5.74, 6) is 0.597. The minimum atomic E-state index is -0.109. The van der Waals surface area contributed by atoms with Gasteiger partial charge in [-0.25, -0.2) is 0 Å². The Hall–Kier alpha value is -4.36. The van der Waals surface area contributed by atoms with E-state index in [1.54, 1.807) is 7.11 Å². The molecule has 4 aromatic rings. The number of piperazine rings is 1. The summed E-state index contributed by atoms with van der Waals surface area (Å²) in [4.78, 5) is 34.0. The molecule has 0 atom stereocenters. The number of benzene rings is 3. The van der Waals surface area contributed by atoms with Crippen LogP contribution in [0.15, 0.2) is 84.9 Å². The van der Waals surface area contributed by atoms with Gasteiger partial charge in [0.1, 0.15) is 11.4 Å². The second-order valence-corrected chi connectivity index (χ2v) is 11.0. The van der Waals surface area contributed by atoms with Crippen LogP contribution in [0.4, 0.5) is 5.69 Å². The molecule has 3 heterocycles. The molecule has 0 spiro atoms. The number of rotatable bonds is 5. The van der Waals surface area contributed by atoms with Gasteiger partial charge in [0.2, 0.25) is 0 Å². The summed E-state index contributed by atoms with van der Waals surface area (Å²) < 4.78 is 7.80. The molecule has 0 radical (unpaired) electrons. The molecule has 3 aromatic carbocycles. The molecule has 1 saturated heterocycles. The predicted molar refractivity (Wildman–Crippen MR) is 162 cm³/mol. The van der Waals surface area contributed by atoms with Gasteiger partial charge >= 0.3 is 0 Å². The van der Waals surface area contributed by atoms with Gasteiger partial charge in [-0.2, -0.15) is 0 Å². The number of hydrogen-bond acceptors (Lipinski definition) is 4. The normalized spacial score (nSPS) is 15.3. The third-order valence-corrected chi connectivity index (χ3v) is 8.33. The maximum Gasteiger partial charge on any atom is 0.270 e. The number of nitrogens with zero attached hydrogens (tertiary/aromatic N) is 4. The molecule has 0 saturated carbocycles. The van der Waals surface area contributed by atoms with E-state index in [4.69, 9.17) is 4.74 Å². The first kappa shape index (κ1) is 26.8. The lowest BCUT2D eigenvalue weighted by Gasteiger charge is -2.37. The van der Waals surface area contributed by atoms with Gasteiger partial charge in [0.15, 0.2) is 0 Å². The van der Waals surface area contributed by atoms with Crippen molar-refractivity contribution in [2.75, 3.05) is 38.2 Å². The highest BCUT2D eigenvalue weighted by molar-refractivity contribution is 6.07. The molecule has 7 nitrogen and oxygen atoms in total. The van der Waals surface area contributed by atoms with Crippen molar-refractivity contribution < 1.29 is 14.3 Å². The van der Waals surface area contributed by atoms with E-state index in [1.807, 2.05) is 94.7 Å². The van der Waals surface area contributed by atoms with Crippen molar-refractivity contribution in [2.24, 2.45) is 0 Å². The number of methoxy groups -OCH3 is 1. The van der Waals surface area contributed by atoms with Crippen molar-refractivity contribution in [3.63, 3.8) is 0 Å². The molecule has 210 valence electrons. The number of amides is 2.